The van der Waals surface area contributed by atoms with Crippen molar-refractivity contribution in [1.29, 1.82) is 0 Å². The Morgan fingerprint density at radius 1 is 1.04 bits per heavy atom. The van der Waals surface area contributed by atoms with Gasteiger partial charge in [0, 0.05) is 35.4 Å². The van der Waals surface area contributed by atoms with E-state index >= 15 is 0 Å². The van der Waals surface area contributed by atoms with Crippen LogP contribution in [0.3, 0.4) is 0 Å². The van der Waals surface area contributed by atoms with Gasteiger partial charge in [0.2, 0.25) is 5.69 Å². The first kappa shape index (κ1) is 15.3. The van der Waals surface area contributed by atoms with Gasteiger partial charge < -0.3 is 0 Å². The average Bonchev–Trinajstić information content (AvgIpc) is 2.56. The molecule has 0 fully saturated rings. The Kier molecular flexibility index (Phi) is 4.20. The highest BCUT2D eigenvalue weighted by atomic mass is 14.9. The summed E-state index contributed by atoms with van der Waals surface area (Å²) in [6.45, 7) is 6.37. The molecule has 0 aliphatic rings. The molecule has 0 saturated heterocycles. The predicted octanol–water partition coefficient (Wildman–Crippen LogP) is 4.07. The van der Waals surface area contributed by atoms with E-state index in [2.05, 4.69) is 80.0 Å². The maximum Gasteiger partial charge on any atom is 0.213 e. The first-order chi connectivity index (χ1) is 11.1. The fourth-order valence-corrected chi connectivity index (χ4v) is 2.67. The Labute approximate surface area is 137 Å². The van der Waals surface area contributed by atoms with E-state index in [4.69, 9.17) is 4.98 Å². The zero-order valence-corrected chi connectivity index (χ0v) is 14.1. The minimum atomic E-state index is 0.325. The topological polar surface area (TPSA) is 29.7 Å². The number of aromatic nitrogens is 3. The second kappa shape index (κ2) is 6.29. The summed E-state index contributed by atoms with van der Waals surface area (Å²) in [7, 11) is 2.07. The lowest BCUT2D eigenvalue weighted by atomic mass is 10.0. The molecule has 0 aliphatic carbocycles. The van der Waals surface area contributed by atoms with Crippen molar-refractivity contribution < 1.29 is 4.57 Å². The van der Waals surface area contributed by atoms with Crippen molar-refractivity contribution in [3.05, 3.63) is 66.2 Å². The van der Waals surface area contributed by atoms with Gasteiger partial charge >= 0.3 is 0 Å². The van der Waals surface area contributed by atoms with Crippen molar-refractivity contribution in [2.24, 2.45) is 7.05 Å². The molecule has 3 heteroatoms. The fourth-order valence-electron chi connectivity index (χ4n) is 2.67. The highest BCUT2D eigenvalue weighted by Crippen LogP contribution is 2.25. The number of nitrogens with zero attached hydrogens (tertiary/aromatic N) is 3. The lowest BCUT2D eigenvalue weighted by molar-refractivity contribution is -0.660. The van der Waals surface area contributed by atoms with Gasteiger partial charge in [-0.25, -0.2) is 14.5 Å². The molecule has 0 amide bonds. The number of benzene rings is 1. The van der Waals surface area contributed by atoms with Crippen LogP contribution < -0.4 is 4.57 Å². The van der Waals surface area contributed by atoms with Crippen molar-refractivity contribution in [2.45, 2.75) is 26.7 Å². The summed E-state index contributed by atoms with van der Waals surface area (Å²) in [6.07, 6.45) is 3.94. The van der Waals surface area contributed by atoms with Crippen LogP contribution in [-0.2, 0) is 7.05 Å². The molecule has 3 aromatic rings. The van der Waals surface area contributed by atoms with Gasteiger partial charge in [0.15, 0.2) is 6.20 Å². The highest BCUT2D eigenvalue weighted by Gasteiger charge is 2.14. The zero-order chi connectivity index (χ0) is 16.4. The predicted molar refractivity (Wildman–Crippen MR) is 92.9 cm³/mol. The Balaban J connectivity index is 2.11. The number of aryl methyl sites for hydroxylation is 2. The summed E-state index contributed by atoms with van der Waals surface area (Å²) in [5.41, 5.74) is 5.79. The maximum absolute atomic E-state index is 4.71. The van der Waals surface area contributed by atoms with Crippen LogP contribution in [-0.4, -0.2) is 9.97 Å². The van der Waals surface area contributed by atoms with E-state index in [0.717, 1.165) is 17.1 Å². The molecule has 0 spiro atoms. The molecule has 2 aromatic heterocycles. The van der Waals surface area contributed by atoms with E-state index in [1.165, 1.54) is 16.8 Å². The highest BCUT2D eigenvalue weighted by molar-refractivity contribution is 5.68. The molecule has 1 aromatic carbocycles. The summed E-state index contributed by atoms with van der Waals surface area (Å²) in [6, 6.07) is 14.7. The molecular formula is C20H22N3+. The molecule has 0 saturated carbocycles. The average molecular weight is 304 g/mol. The van der Waals surface area contributed by atoms with Gasteiger partial charge in [0.1, 0.15) is 12.9 Å². The third-order valence-electron chi connectivity index (χ3n) is 4.06. The van der Waals surface area contributed by atoms with Crippen LogP contribution in [0, 0.1) is 6.92 Å². The molecule has 3 rings (SSSR count). The van der Waals surface area contributed by atoms with Crippen LogP contribution in [0.4, 0.5) is 0 Å². The number of pyridine rings is 1. The van der Waals surface area contributed by atoms with Crippen molar-refractivity contribution in [2.75, 3.05) is 0 Å². The standard InChI is InChI=1S/C20H22N3/c1-14(2)20-21-11-9-18(22-20)16-10-12-23(4)19(13-16)17-8-6-5-7-15(17)3/h5-14H,1-4H3/q+1. The lowest BCUT2D eigenvalue weighted by Gasteiger charge is -2.08. The molecular weight excluding hydrogens is 282 g/mol. The Bertz CT molecular complexity index is 838. The van der Waals surface area contributed by atoms with Crippen molar-refractivity contribution in [3.8, 4) is 22.5 Å². The number of hydrogen-bond donors (Lipinski definition) is 0. The van der Waals surface area contributed by atoms with Crippen LogP contribution in [0.15, 0.2) is 54.9 Å². The van der Waals surface area contributed by atoms with Gasteiger partial charge in [0.05, 0.1) is 5.69 Å². The molecule has 0 N–H and O–H groups in total. The van der Waals surface area contributed by atoms with Gasteiger partial charge in [-0.2, -0.15) is 0 Å². The van der Waals surface area contributed by atoms with Crippen LogP contribution in [0.5, 0.6) is 0 Å². The van der Waals surface area contributed by atoms with E-state index in [0.29, 0.717) is 5.92 Å². The third-order valence-corrected chi connectivity index (χ3v) is 4.06. The number of rotatable bonds is 3. The summed E-state index contributed by atoms with van der Waals surface area (Å²) < 4.78 is 2.15. The van der Waals surface area contributed by atoms with E-state index in [1.54, 1.807) is 0 Å². The number of hydrogen-bond acceptors (Lipinski definition) is 2. The van der Waals surface area contributed by atoms with Gasteiger partial charge in [-0.05, 0) is 24.6 Å². The molecule has 3 nitrogen and oxygen atoms in total. The molecule has 0 unspecified atom stereocenters. The summed E-state index contributed by atoms with van der Waals surface area (Å²) in [5.74, 6) is 1.21. The van der Waals surface area contributed by atoms with Crippen molar-refractivity contribution >= 4 is 0 Å². The van der Waals surface area contributed by atoms with Crippen molar-refractivity contribution in [1.82, 2.24) is 9.97 Å². The van der Waals surface area contributed by atoms with E-state index in [1.807, 2.05) is 12.3 Å². The molecule has 0 bridgehead atoms. The fraction of sp³-hybridized carbons (Fsp3) is 0.250. The quantitative estimate of drug-likeness (QED) is 0.683. The van der Waals surface area contributed by atoms with Gasteiger partial charge in [-0.1, -0.05) is 32.0 Å². The molecule has 0 aliphatic heterocycles. The molecule has 116 valence electrons. The van der Waals surface area contributed by atoms with Crippen LogP contribution in [0.25, 0.3) is 22.5 Å². The van der Waals surface area contributed by atoms with Gasteiger partial charge in [-0.3, -0.25) is 0 Å². The van der Waals surface area contributed by atoms with Gasteiger partial charge in [-0.15, -0.1) is 0 Å². The largest absolute Gasteiger partial charge is 0.241 e. The Morgan fingerprint density at radius 3 is 2.57 bits per heavy atom. The van der Waals surface area contributed by atoms with Crippen LogP contribution >= 0.6 is 0 Å². The molecule has 2 heterocycles. The Hall–Kier alpha value is -2.55. The second-order valence-electron chi connectivity index (χ2n) is 6.18. The second-order valence-corrected chi connectivity index (χ2v) is 6.18. The monoisotopic (exact) mass is 304 g/mol. The minimum absolute atomic E-state index is 0.325. The van der Waals surface area contributed by atoms with E-state index in [9.17, 15) is 0 Å². The molecule has 23 heavy (non-hydrogen) atoms. The zero-order valence-electron chi connectivity index (χ0n) is 14.1. The summed E-state index contributed by atoms with van der Waals surface area (Å²) in [5, 5.41) is 0. The summed E-state index contributed by atoms with van der Waals surface area (Å²) in [4.78, 5) is 9.07. The SMILES string of the molecule is Cc1ccccc1-c1cc(-c2ccnc(C(C)C)n2)cc[n+]1C. The first-order valence-electron chi connectivity index (χ1n) is 7.95. The lowest BCUT2D eigenvalue weighted by Crippen LogP contribution is -2.30. The van der Waals surface area contributed by atoms with Crippen LogP contribution in [0.1, 0.15) is 31.2 Å². The smallest absolute Gasteiger partial charge is 0.213 e. The minimum Gasteiger partial charge on any atom is -0.241 e. The van der Waals surface area contributed by atoms with Crippen LogP contribution in [0.2, 0.25) is 0 Å². The molecule has 0 radical (unpaired) electrons. The molecule has 0 atom stereocenters. The first-order valence-corrected chi connectivity index (χ1v) is 7.95. The summed E-state index contributed by atoms with van der Waals surface area (Å²) >= 11 is 0. The van der Waals surface area contributed by atoms with Crippen molar-refractivity contribution in [3.63, 3.8) is 0 Å². The maximum atomic E-state index is 4.71. The Morgan fingerprint density at radius 2 is 1.83 bits per heavy atom. The normalized spacial score (nSPS) is 11.0. The van der Waals surface area contributed by atoms with Gasteiger partial charge in [0.25, 0.3) is 0 Å². The van der Waals surface area contributed by atoms with E-state index in [-0.39, 0.29) is 0 Å². The van der Waals surface area contributed by atoms with E-state index < -0.39 is 0 Å². The third kappa shape index (κ3) is 3.14.